The molecule has 2 aromatic heterocycles. The number of benzene rings is 1. The molecule has 0 N–H and O–H groups in total. The number of nitrogens with zero attached hydrogens (tertiary/aromatic N) is 2. The molecule has 1 aliphatic rings. The van der Waals surface area contributed by atoms with E-state index in [-0.39, 0.29) is 5.56 Å². The Labute approximate surface area is 112 Å². The summed E-state index contributed by atoms with van der Waals surface area (Å²) in [5.74, 6) is 0. The van der Waals surface area contributed by atoms with Crippen molar-refractivity contribution in [1.82, 2.24) is 9.38 Å². The van der Waals surface area contributed by atoms with E-state index in [1.807, 2.05) is 42.5 Å². The maximum atomic E-state index is 12.4. The van der Waals surface area contributed by atoms with Gasteiger partial charge < -0.3 is 0 Å². The van der Waals surface area contributed by atoms with Crippen molar-refractivity contribution in [2.75, 3.05) is 0 Å². The van der Waals surface area contributed by atoms with Crippen molar-refractivity contribution in [2.24, 2.45) is 0 Å². The summed E-state index contributed by atoms with van der Waals surface area (Å²) in [7, 11) is 0. The van der Waals surface area contributed by atoms with E-state index in [0.29, 0.717) is 0 Å². The van der Waals surface area contributed by atoms with E-state index < -0.39 is 0 Å². The maximum Gasteiger partial charge on any atom is 0.274 e. The molecule has 19 heavy (non-hydrogen) atoms. The van der Waals surface area contributed by atoms with Crippen LogP contribution in [0.5, 0.6) is 0 Å². The number of hydrogen-bond acceptors (Lipinski definition) is 3. The van der Waals surface area contributed by atoms with Gasteiger partial charge in [-0.3, -0.25) is 4.79 Å². The molecule has 3 aromatic rings. The number of allylic oxidation sites excluding steroid dienone is 4. The fourth-order valence-corrected chi connectivity index (χ4v) is 3.35. The van der Waals surface area contributed by atoms with Crippen LogP contribution in [0.2, 0.25) is 0 Å². The lowest BCUT2D eigenvalue weighted by molar-refractivity contribution is 1.19. The molecule has 0 amide bonds. The minimum Gasteiger partial charge on any atom is -0.267 e. The predicted octanol–water partition coefficient (Wildman–Crippen LogP) is 2.29. The first-order chi connectivity index (χ1) is 9.33. The van der Waals surface area contributed by atoms with Crippen LogP contribution in [-0.4, -0.2) is 9.38 Å². The zero-order valence-electron chi connectivity index (χ0n) is 10.0. The Morgan fingerprint density at radius 2 is 2.21 bits per heavy atom. The standard InChI is InChI=1S/C15H10N2OS/c18-14-13(9-10-5-1-2-6-10)19-15-16-11-7-3-4-8-12(11)17(14)15/h1-5,7-9H,6H2. The predicted molar refractivity (Wildman–Crippen MR) is 78.4 cm³/mol. The van der Waals surface area contributed by atoms with Crippen LogP contribution in [0.1, 0.15) is 6.42 Å². The van der Waals surface area contributed by atoms with Gasteiger partial charge in [0, 0.05) is 0 Å². The van der Waals surface area contributed by atoms with Gasteiger partial charge in [-0.2, -0.15) is 0 Å². The van der Waals surface area contributed by atoms with Gasteiger partial charge in [0.2, 0.25) is 0 Å². The molecule has 92 valence electrons. The first kappa shape index (κ1) is 10.7. The lowest BCUT2D eigenvalue weighted by atomic mass is 10.2. The van der Waals surface area contributed by atoms with Gasteiger partial charge in [-0.25, -0.2) is 9.38 Å². The lowest BCUT2D eigenvalue weighted by Gasteiger charge is -1.88. The van der Waals surface area contributed by atoms with Crippen molar-refractivity contribution < 1.29 is 0 Å². The summed E-state index contributed by atoms with van der Waals surface area (Å²) in [6.07, 6.45) is 9.02. The summed E-state index contributed by atoms with van der Waals surface area (Å²) in [5.41, 5.74) is 2.96. The smallest absolute Gasteiger partial charge is 0.267 e. The summed E-state index contributed by atoms with van der Waals surface area (Å²) >= 11 is 1.45. The second-order valence-electron chi connectivity index (χ2n) is 4.51. The van der Waals surface area contributed by atoms with Crippen molar-refractivity contribution in [3.05, 3.63) is 63.0 Å². The van der Waals surface area contributed by atoms with Crippen LogP contribution in [0.4, 0.5) is 0 Å². The van der Waals surface area contributed by atoms with E-state index in [1.165, 1.54) is 16.9 Å². The molecule has 0 bridgehead atoms. The van der Waals surface area contributed by atoms with Gasteiger partial charge in [-0.15, -0.1) is 0 Å². The third-order valence-corrected chi connectivity index (χ3v) is 4.23. The minimum atomic E-state index is 0.0292. The molecular formula is C15H10N2OS. The molecular weight excluding hydrogens is 256 g/mol. The molecule has 0 atom stereocenters. The van der Waals surface area contributed by atoms with Crippen LogP contribution in [-0.2, 0) is 0 Å². The number of rotatable bonds is 1. The highest BCUT2D eigenvalue weighted by molar-refractivity contribution is 7.15. The summed E-state index contributed by atoms with van der Waals surface area (Å²) in [6.45, 7) is 0. The van der Waals surface area contributed by atoms with E-state index in [4.69, 9.17) is 0 Å². The molecule has 4 heteroatoms. The van der Waals surface area contributed by atoms with Gasteiger partial charge in [-0.1, -0.05) is 41.7 Å². The average Bonchev–Trinajstić information content (AvgIpc) is 3.09. The molecule has 3 nitrogen and oxygen atoms in total. The summed E-state index contributed by atoms with van der Waals surface area (Å²) < 4.78 is 2.46. The van der Waals surface area contributed by atoms with Gasteiger partial charge in [0.25, 0.3) is 5.56 Å². The second-order valence-corrected chi connectivity index (χ2v) is 5.52. The van der Waals surface area contributed by atoms with Gasteiger partial charge >= 0.3 is 0 Å². The molecule has 0 aliphatic heterocycles. The maximum absolute atomic E-state index is 12.4. The third kappa shape index (κ3) is 1.57. The zero-order valence-corrected chi connectivity index (χ0v) is 10.9. The Hall–Kier alpha value is -2.20. The molecule has 0 saturated carbocycles. The van der Waals surface area contributed by atoms with Crippen molar-refractivity contribution in [1.29, 1.82) is 0 Å². The Kier molecular flexibility index (Phi) is 2.19. The van der Waals surface area contributed by atoms with Gasteiger partial charge in [-0.05, 0) is 30.2 Å². The molecule has 1 aromatic carbocycles. The van der Waals surface area contributed by atoms with Crippen molar-refractivity contribution in [2.45, 2.75) is 6.42 Å². The number of para-hydroxylation sites is 2. The summed E-state index contributed by atoms with van der Waals surface area (Å²) in [4.78, 5) is 17.7. The summed E-state index contributed by atoms with van der Waals surface area (Å²) in [6, 6.07) is 7.73. The molecule has 2 heterocycles. The van der Waals surface area contributed by atoms with Crippen molar-refractivity contribution >= 4 is 33.4 Å². The average molecular weight is 266 g/mol. The number of aromatic nitrogens is 2. The minimum absolute atomic E-state index is 0.0292. The van der Waals surface area contributed by atoms with Crippen molar-refractivity contribution in [3.63, 3.8) is 0 Å². The molecule has 0 spiro atoms. The largest absolute Gasteiger partial charge is 0.274 e. The quantitative estimate of drug-likeness (QED) is 0.677. The Morgan fingerprint density at radius 3 is 3.05 bits per heavy atom. The van der Waals surface area contributed by atoms with Crippen LogP contribution in [0.15, 0.2) is 52.9 Å². The normalized spacial score (nSPS) is 15.8. The highest BCUT2D eigenvalue weighted by Gasteiger charge is 2.10. The fraction of sp³-hybridized carbons (Fsp3) is 0.0667. The Morgan fingerprint density at radius 1 is 1.32 bits per heavy atom. The molecule has 0 unspecified atom stereocenters. The third-order valence-electron chi connectivity index (χ3n) is 3.26. The monoisotopic (exact) mass is 266 g/mol. The molecule has 4 rings (SSSR count). The van der Waals surface area contributed by atoms with Crippen LogP contribution in [0, 0.1) is 0 Å². The number of fused-ring (bicyclic) bond motifs is 3. The van der Waals surface area contributed by atoms with Gasteiger partial charge in [0.1, 0.15) is 0 Å². The van der Waals surface area contributed by atoms with Gasteiger partial charge in [0.05, 0.1) is 15.6 Å². The number of thiazole rings is 1. The number of hydrogen-bond donors (Lipinski definition) is 0. The van der Waals surface area contributed by atoms with Crippen LogP contribution in [0.3, 0.4) is 0 Å². The van der Waals surface area contributed by atoms with Crippen LogP contribution < -0.4 is 10.1 Å². The number of imidazole rings is 1. The lowest BCUT2D eigenvalue weighted by Crippen LogP contribution is -2.22. The topological polar surface area (TPSA) is 34.4 Å². The first-order valence-corrected chi connectivity index (χ1v) is 6.92. The molecule has 0 saturated heterocycles. The van der Waals surface area contributed by atoms with E-state index in [9.17, 15) is 4.79 Å². The molecule has 1 aliphatic carbocycles. The molecule has 0 radical (unpaired) electrons. The van der Waals surface area contributed by atoms with Crippen LogP contribution in [0.25, 0.3) is 22.1 Å². The van der Waals surface area contributed by atoms with E-state index >= 15 is 0 Å². The second kappa shape index (κ2) is 3.90. The SMILES string of the molecule is O=c1c(=CC2=CC=CC2)sc2nc3ccccc3n12. The highest BCUT2D eigenvalue weighted by atomic mass is 32.1. The molecule has 0 fully saturated rings. The zero-order chi connectivity index (χ0) is 12.8. The fourth-order valence-electron chi connectivity index (χ4n) is 2.35. The van der Waals surface area contributed by atoms with Crippen molar-refractivity contribution in [3.8, 4) is 0 Å². The van der Waals surface area contributed by atoms with Gasteiger partial charge in [0.15, 0.2) is 4.96 Å². The Bertz CT molecular complexity index is 959. The first-order valence-electron chi connectivity index (χ1n) is 6.10. The van der Waals surface area contributed by atoms with Crippen LogP contribution >= 0.6 is 11.3 Å². The van der Waals surface area contributed by atoms with E-state index in [0.717, 1.165) is 26.9 Å². The van der Waals surface area contributed by atoms with E-state index in [1.54, 1.807) is 4.40 Å². The highest BCUT2D eigenvalue weighted by Crippen LogP contribution is 2.16. The Balaban J connectivity index is 2.05. The summed E-state index contributed by atoms with van der Waals surface area (Å²) in [5, 5.41) is 0. The van der Waals surface area contributed by atoms with E-state index in [2.05, 4.69) is 11.1 Å².